The molecular formula is C22H21N3. The normalized spacial score (nSPS) is 11.5. The first-order valence-corrected chi connectivity index (χ1v) is 8.31. The average molecular weight is 327 g/mol. The Bertz CT molecular complexity index is 831. The molecule has 3 aromatic rings. The first-order chi connectivity index (χ1) is 12.1. The standard InChI is InChI=1S/C22H21N3/c1-16-4-8-19(9-5-16)12-14-21-23-18(3)24-22(25-21)15-13-20-10-6-17(2)7-11-20/h4-15H,1-3H3. The average Bonchev–Trinajstić information content (AvgIpc) is 2.60. The first kappa shape index (κ1) is 16.8. The van der Waals surface area contributed by atoms with E-state index in [0.29, 0.717) is 17.5 Å². The van der Waals surface area contributed by atoms with Crippen LogP contribution in [0, 0.1) is 20.8 Å². The minimum Gasteiger partial charge on any atom is -0.214 e. The summed E-state index contributed by atoms with van der Waals surface area (Å²) in [5, 5.41) is 0. The zero-order chi connectivity index (χ0) is 17.6. The molecule has 0 radical (unpaired) electrons. The minimum absolute atomic E-state index is 0.664. The maximum absolute atomic E-state index is 4.50. The third-order valence-electron chi connectivity index (χ3n) is 3.79. The Morgan fingerprint density at radius 2 is 0.920 bits per heavy atom. The summed E-state index contributed by atoms with van der Waals surface area (Å²) in [6.45, 7) is 6.04. The van der Waals surface area contributed by atoms with Gasteiger partial charge < -0.3 is 0 Å². The molecule has 1 aromatic heterocycles. The lowest BCUT2D eigenvalue weighted by atomic mass is 10.1. The number of rotatable bonds is 4. The summed E-state index contributed by atoms with van der Waals surface area (Å²) in [5.41, 5.74) is 4.74. The molecule has 0 spiro atoms. The molecule has 0 bridgehead atoms. The lowest BCUT2D eigenvalue weighted by molar-refractivity contribution is 0.945. The molecule has 124 valence electrons. The Balaban J connectivity index is 1.80. The van der Waals surface area contributed by atoms with Crippen LogP contribution in [0.1, 0.15) is 39.7 Å². The van der Waals surface area contributed by atoms with Crippen LogP contribution in [0.15, 0.2) is 48.5 Å². The third-order valence-corrected chi connectivity index (χ3v) is 3.79. The smallest absolute Gasteiger partial charge is 0.156 e. The highest BCUT2D eigenvalue weighted by molar-refractivity contribution is 5.69. The molecule has 0 aliphatic carbocycles. The highest BCUT2D eigenvalue weighted by Gasteiger charge is 1.99. The lowest BCUT2D eigenvalue weighted by Crippen LogP contribution is -1.98. The van der Waals surface area contributed by atoms with Crippen molar-refractivity contribution in [2.24, 2.45) is 0 Å². The second-order valence-corrected chi connectivity index (χ2v) is 6.09. The van der Waals surface area contributed by atoms with E-state index in [4.69, 9.17) is 0 Å². The van der Waals surface area contributed by atoms with Gasteiger partial charge in [0.15, 0.2) is 11.6 Å². The number of hydrogen-bond acceptors (Lipinski definition) is 3. The van der Waals surface area contributed by atoms with Crippen LogP contribution in [0.25, 0.3) is 24.3 Å². The van der Waals surface area contributed by atoms with Gasteiger partial charge in [-0.3, -0.25) is 0 Å². The molecule has 0 aliphatic heterocycles. The van der Waals surface area contributed by atoms with Crippen molar-refractivity contribution in [1.29, 1.82) is 0 Å². The van der Waals surface area contributed by atoms with E-state index in [9.17, 15) is 0 Å². The van der Waals surface area contributed by atoms with Crippen molar-refractivity contribution < 1.29 is 0 Å². The molecule has 0 unspecified atom stereocenters. The largest absolute Gasteiger partial charge is 0.214 e. The molecule has 0 aliphatic rings. The number of aryl methyl sites for hydroxylation is 3. The number of hydrogen-bond donors (Lipinski definition) is 0. The van der Waals surface area contributed by atoms with Gasteiger partial charge in [-0.15, -0.1) is 0 Å². The van der Waals surface area contributed by atoms with E-state index in [0.717, 1.165) is 11.1 Å². The molecule has 25 heavy (non-hydrogen) atoms. The van der Waals surface area contributed by atoms with Crippen molar-refractivity contribution in [2.75, 3.05) is 0 Å². The number of nitrogens with zero attached hydrogens (tertiary/aromatic N) is 3. The van der Waals surface area contributed by atoms with Crippen molar-refractivity contribution in [3.63, 3.8) is 0 Å². The zero-order valence-corrected chi connectivity index (χ0v) is 14.8. The topological polar surface area (TPSA) is 38.7 Å². The van der Waals surface area contributed by atoms with Crippen LogP contribution in [-0.4, -0.2) is 15.0 Å². The van der Waals surface area contributed by atoms with Crippen molar-refractivity contribution in [3.05, 3.63) is 88.3 Å². The summed E-state index contributed by atoms with van der Waals surface area (Å²) < 4.78 is 0. The van der Waals surface area contributed by atoms with Crippen LogP contribution in [0.4, 0.5) is 0 Å². The molecule has 0 saturated carbocycles. The molecule has 1 heterocycles. The molecule has 2 aromatic carbocycles. The zero-order valence-electron chi connectivity index (χ0n) is 14.8. The van der Waals surface area contributed by atoms with Crippen molar-refractivity contribution in [1.82, 2.24) is 15.0 Å². The van der Waals surface area contributed by atoms with E-state index >= 15 is 0 Å². The molecule has 3 heteroatoms. The van der Waals surface area contributed by atoms with Gasteiger partial charge in [0.2, 0.25) is 0 Å². The molecule has 0 N–H and O–H groups in total. The van der Waals surface area contributed by atoms with Gasteiger partial charge in [-0.1, -0.05) is 71.8 Å². The van der Waals surface area contributed by atoms with E-state index in [1.807, 2.05) is 31.2 Å². The SMILES string of the molecule is Cc1ccc(C=Cc2nc(C)nc(C=Cc3ccc(C)cc3)n2)cc1. The number of benzene rings is 2. The maximum atomic E-state index is 4.50. The van der Waals surface area contributed by atoms with Crippen molar-refractivity contribution in [2.45, 2.75) is 20.8 Å². The second kappa shape index (κ2) is 7.67. The van der Waals surface area contributed by atoms with Gasteiger partial charge in [0, 0.05) is 0 Å². The van der Waals surface area contributed by atoms with E-state index in [1.165, 1.54) is 11.1 Å². The van der Waals surface area contributed by atoms with Crippen LogP contribution in [0.3, 0.4) is 0 Å². The Hall–Kier alpha value is -3.07. The molecule has 0 saturated heterocycles. The van der Waals surface area contributed by atoms with Crippen molar-refractivity contribution in [3.8, 4) is 0 Å². The summed E-state index contributed by atoms with van der Waals surface area (Å²) in [5.74, 6) is 2.04. The van der Waals surface area contributed by atoms with E-state index in [-0.39, 0.29) is 0 Å². The van der Waals surface area contributed by atoms with E-state index in [1.54, 1.807) is 0 Å². The van der Waals surface area contributed by atoms with E-state index < -0.39 is 0 Å². The van der Waals surface area contributed by atoms with Crippen LogP contribution in [0.5, 0.6) is 0 Å². The molecular weight excluding hydrogens is 306 g/mol. The fourth-order valence-electron chi connectivity index (χ4n) is 2.37. The molecule has 3 rings (SSSR count). The molecule has 0 atom stereocenters. The Kier molecular flexibility index (Phi) is 5.14. The summed E-state index contributed by atoms with van der Waals surface area (Å²) in [7, 11) is 0. The van der Waals surface area contributed by atoms with Crippen LogP contribution >= 0.6 is 0 Å². The van der Waals surface area contributed by atoms with Crippen LogP contribution in [-0.2, 0) is 0 Å². The third kappa shape index (κ3) is 4.95. The second-order valence-electron chi connectivity index (χ2n) is 6.09. The van der Waals surface area contributed by atoms with Gasteiger partial charge in [-0.2, -0.15) is 0 Å². The van der Waals surface area contributed by atoms with Crippen molar-refractivity contribution >= 4 is 24.3 Å². The summed E-state index contributed by atoms with van der Waals surface area (Å²) in [6.07, 6.45) is 7.87. The van der Waals surface area contributed by atoms with Gasteiger partial charge in [0.05, 0.1) is 0 Å². The van der Waals surface area contributed by atoms with Gasteiger partial charge in [0.25, 0.3) is 0 Å². The monoisotopic (exact) mass is 327 g/mol. The van der Waals surface area contributed by atoms with Gasteiger partial charge in [0.1, 0.15) is 5.82 Å². The molecule has 3 nitrogen and oxygen atoms in total. The fraction of sp³-hybridized carbons (Fsp3) is 0.136. The predicted octanol–water partition coefficient (Wildman–Crippen LogP) is 5.14. The maximum Gasteiger partial charge on any atom is 0.156 e. The predicted molar refractivity (Wildman–Crippen MR) is 105 cm³/mol. The van der Waals surface area contributed by atoms with Gasteiger partial charge in [-0.05, 0) is 44.1 Å². The van der Waals surface area contributed by atoms with Gasteiger partial charge in [-0.25, -0.2) is 15.0 Å². The summed E-state index contributed by atoms with van der Waals surface area (Å²) in [6, 6.07) is 16.7. The first-order valence-electron chi connectivity index (χ1n) is 8.31. The van der Waals surface area contributed by atoms with E-state index in [2.05, 4.69) is 77.3 Å². The van der Waals surface area contributed by atoms with Crippen LogP contribution < -0.4 is 0 Å². The van der Waals surface area contributed by atoms with Crippen LogP contribution in [0.2, 0.25) is 0 Å². The lowest BCUT2D eigenvalue weighted by Gasteiger charge is -1.99. The minimum atomic E-state index is 0.664. The number of aromatic nitrogens is 3. The van der Waals surface area contributed by atoms with Gasteiger partial charge >= 0.3 is 0 Å². The Morgan fingerprint density at radius 1 is 0.520 bits per heavy atom. The summed E-state index contributed by atoms with van der Waals surface area (Å²) in [4.78, 5) is 13.3. The molecule has 0 fully saturated rings. The highest BCUT2D eigenvalue weighted by Crippen LogP contribution is 2.10. The Labute approximate surface area is 148 Å². The molecule has 0 amide bonds. The Morgan fingerprint density at radius 3 is 1.32 bits per heavy atom. The quantitative estimate of drug-likeness (QED) is 0.666. The highest BCUT2D eigenvalue weighted by atomic mass is 15.0. The summed E-state index contributed by atoms with van der Waals surface area (Å²) >= 11 is 0. The fourth-order valence-corrected chi connectivity index (χ4v) is 2.37.